The van der Waals surface area contributed by atoms with Crippen LogP contribution in [0.4, 0.5) is 14.9 Å². The molecular formula is C19H29FN2O2. The highest BCUT2D eigenvalue weighted by Crippen LogP contribution is 2.25. The highest BCUT2D eigenvalue weighted by Gasteiger charge is 2.32. The van der Waals surface area contributed by atoms with E-state index in [1.807, 2.05) is 31.7 Å². The second-order valence-electron chi connectivity index (χ2n) is 7.71. The number of nitrogens with zero attached hydrogens (tertiary/aromatic N) is 1. The normalized spacial score (nSPS) is 19.2. The van der Waals surface area contributed by atoms with Crippen molar-refractivity contribution in [3.05, 3.63) is 29.6 Å². The van der Waals surface area contributed by atoms with Crippen LogP contribution in [0.3, 0.4) is 0 Å². The number of hydrogen-bond donors (Lipinski definition) is 1. The summed E-state index contributed by atoms with van der Waals surface area (Å²) in [4.78, 5) is 14.2. The van der Waals surface area contributed by atoms with E-state index >= 15 is 0 Å². The number of rotatable bonds is 4. The number of nitrogens with one attached hydrogen (secondary N) is 1. The molecule has 0 aromatic heterocycles. The lowest BCUT2D eigenvalue weighted by molar-refractivity contribution is 0.0218. The number of hydrogen-bond acceptors (Lipinski definition) is 3. The first-order valence-electron chi connectivity index (χ1n) is 8.68. The van der Waals surface area contributed by atoms with Gasteiger partial charge in [-0.15, -0.1) is 0 Å². The maximum Gasteiger partial charge on any atom is 0.410 e. The number of aryl methyl sites for hydroxylation is 1. The third-order valence-corrected chi connectivity index (χ3v) is 4.20. The summed E-state index contributed by atoms with van der Waals surface area (Å²) in [5, 5.41) is 3.40. The fraction of sp³-hybridized carbons (Fsp3) is 0.632. The first-order valence-corrected chi connectivity index (χ1v) is 8.68. The van der Waals surface area contributed by atoms with Gasteiger partial charge in [0, 0.05) is 24.3 Å². The van der Waals surface area contributed by atoms with Gasteiger partial charge in [-0.1, -0.05) is 0 Å². The Morgan fingerprint density at radius 3 is 2.79 bits per heavy atom. The SMILES string of the molecule is Cc1cc(NC(C)CC2CCCN2C(=O)OC(C)(C)C)ccc1F. The number of anilines is 1. The fourth-order valence-electron chi connectivity index (χ4n) is 3.13. The Labute approximate surface area is 144 Å². The van der Waals surface area contributed by atoms with Crippen molar-refractivity contribution in [2.45, 2.75) is 71.6 Å². The third kappa shape index (κ3) is 5.11. The molecule has 2 unspecified atom stereocenters. The van der Waals surface area contributed by atoms with Crippen molar-refractivity contribution in [1.82, 2.24) is 4.90 Å². The summed E-state index contributed by atoms with van der Waals surface area (Å²) in [7, 11) is 0. The zero-order valence-corrected chi connectivity index (χ0v) is 15.4. The molecule has 1 saturated heterocycles. The Balaban J connectivity index is 1.93. The smallest absolute Gasteiger partial charge is 0.410 e. The molecule has 5 heteroatoms. The van der Waals surface area contributed by atoms with E-state index in [1.54, 1.807) is 13.0 Å². The molecule has 1 N–H and O–H groups in total. The average Bonchev–Trinajstić information content (AvgIpc) is 2.89. The molecule has 0 spiro atoms. The summed E-state index contributed by atoms with van der Waals surface area (Å²) < 4.78 is 18.9. The molecule has 1 amide bonds. The van der Waals surface area contributed by atoms with Gasteiger partial charge in [-0.2, -0.15) is 0 Å². The van der Waals surface area contributed by atoms with Gasteiger partial charge >= 0.3 is 6.09 Å². The largest absolute Gasteiger partial charge is 0.444 e. The molecule has 0 saturated carbocycles. The first kappa shape index (κ1) is 18.6. The number of ether oxygens (including phenoxy) is 1. The second-order valence-corrected chi connectivity index (χ2v) is 7.71. The van der Waals surface area contributed by atoms with Gasteiger partial charge in [-0.25, -0.2) is 9.18 Å². The van der Waals surface area contributed by atoms with E-state index in [0.717, 1.165) is 31.5 Å². The highest BCUT2D eigenvalue weighted by molar-refractivity contribution is 5.69. The number of carbonyl (C=O) groups excluding carboxylic acids is 1. The Morgan fingerprint density at radius 2 is 2.17 bits per heavy atom. The number of carbonyl (C=O) groups is 1. The monoisotopic (exact) mass is 336 g/mol. The maximum atomic E-state index is 13.4. The van der Waals surface area contributed by atoms with Gasteiger partial charge in [0.05, 0.1) is 0 Å². The van der Waals surface area contributed by atoms with Gasteiger partial charge in [0.25, 0.3) is 0 Å². The van der Waals surface area contributed by atoms with Crippen LogP contribution in [-0.4, -0.2) is 35.2 Å². The molecule has 1 aromatic carbocycles. The summed E-state index contributed by atoms with van der Waals surface area (Å²) in [5.41, 5.74) is 1.06. The molecule has 1 fully saturated rings. The van der Waals surface area contributed by atoms with Crippen molar-refractivity contribution in [2.24, 2.45) is 0 Å². The molecule has 4 nitrogen and oxygen atoms in total. The van der Waals surface area contributed by atoms with Crippen LogP contribution in [0.25, 0.3) is 0 Å². The second kappa shape index (κ2) is 7.41. The standard InChI is InChI=1S/C19H29FN2O2/c1-13-11-15(8-9-17(13)20)21-14(2)12-16-7-6-10-22(16)18(23)24-19(3,4)5/h8-9,11,14,16,21H,6-7,10,12H2,1-5H3. The molecule has 2 atom stereocenters. The summed E-state index contributed by atoms with van der Waals surface area (Å²) in [5.74, 6) is -0.194. The van der Waals surface area contributed by atoms with E-state index in [-0.39, 0.29) is 24.0 Å². The Morgan fingerprint density at radius 1 is 1.46 bits per heavy atom. The topological polar surface area (TPSA) is 41.6 Å². The number of likely N-dealkylation sites (tertiary alicyclic amines) is 1. The minimum absolute atomic E-state index is 0.183. The van der Waals surface area contributed by atoms with E-state index in [4.69, 9.17) is 4.74 Å². The number of benzene rings is 1. The molecule has 1 aliphatic rings. The van der Waals surface area contributed by atoms with Crippen LogP contribution in [-0.2, 0) is 4.74 Å². The van der Waals surface area contributed by atoms with Crippen molar-refractivity contribution < 1.29 is 13.9 Å². The van der Waals surface area contributed by atoms with E-state index < -0.39 is 5.60 Å². The fourth-order valence-corrected chi connectivity index (χ4v) is 3.13. The minimum Gasteiger partial charge on any atom is -0.444 e. The lowest BCUT2D eigenvalue weighted by atomic mass is 10.1. The summed E-state index contributed by atoms with van der Waals surface area (Å²) in [6.45, 7) is 10.3. The summed E-state index contributed by atoms with van der Waals surface area (Å²) in [6, 6.07) is 5.41. The van der Waals surface area contributed by atoms with Crippen LogP contribution < -0.4 is 5.32 Å². The Bertz CT molecular complexity index is 583. The van der Waals surface area contributed by atoms with Gasteiger partial charge in [-0.3, -0.25) is 0 Å². The molecular weight excluding hydrogens is 307 g/mol. The molecule has 1 heterocycles. The zero-order valence-electron chi connectivity index (χ0n) is 15.4. The van der Waals surface area contributed by atoms with E-state index in [9.17, 15) is 9.18 Å². The van der Waals surface area contributed by atoms with Crippen LogP contribution in [0.5, 0.6) is 0 Å². The molecule has 1 aliphatic heterocycles. The molecule has 0 aliphatic carbocycles. The first-order chi connectivity index (χ1) is 11.2. The number of halogens is 1. The molecule has 1 aromatic rings. The van der Waals surface area contributed by atoms with Crippen LogP contribution >= 0.6 is 0 Å². The van der Waals surface area contributed by atoms with Gasteiger partial charge in [0.2, 0.25) is 0 Å². The van der Waals surface area contributed by atoms with Crippen molar-refractivity contribution >= 4 is 11.8 Å². The van der Waals surface area contributed by atoms with Crippen molar-refractivity contribution in [1.29, 1.82) is 0 Å². The lowest BCUT2D eigenvalue weighted by Crippen LogP contribution is -2.41. The molecule has 0 radical (unpaired) electrons. The molecule has 2 rings (SSSR count). The maximum absolute atomic E-state index is 13.4. The van der Waals surface area contributed by atoms with Gasteiger partial charge < -0.3 is 15.0 Å². The van der Waals surface area contributed by atoms with Gasteiger partial charge in [-0.05, 0) is 77.6 Å². The van der Waals surface area contributed by atoms with Crippen LogP contribution in [0.2, 0.25) is 0 Å². The number of amides is 1. The van der Waals surface area contributed by atoms with Crippen molar-refractivity contribution in [2.75, 3.05) is 11.9 Å². The predicted molar refractivity (Wildman–Crippen MR) is 94.8 cm³/mol. The molecule has 24 heavy (non-hydrogen) atoms. The van der Waals surface area contributed by atoms with Gasteiger partial charge in [0.15, 0.2) is 0 Å². The zero-order chi connectivity index (χ0) is 17.9. The lowest BCUT2D eigenvalue weighted by Gasteiger charge is -2.30. The van der Waals surface area contributed by atoms with Crippen molar-refractivity contribution in [3.8, 4) is 0 Å². The third-order valence-electron chi connectivity index (χ3n) is 4.20. The van der Waals surface area contributed by atoms with E-state index in [2.05, 4.69) is 12.2 Å². The quantitative estimate of drug-likeness (QED) is 0.864. The van der Waals surface area contributed by atoms with Crippen molar-refractivity contribution in [3.63, 3.8) is 0 Å². The summed E-state index contributed by atoms with van der Waals surface area (Å²) in [6.07, 6.45) is 2.62. The minimum atomic E-state index is -0.472. The van der Waals surface area contributed by atoms with E-state index in [1.165, 1.54) is 6.07 Å². The highest BCUT2D eigenvalue weighted by atomic mass is 19.1. The Kier molecular flexibility index (Phi) is 5.73. The molecule has 134 valence electrons. The van der Waals surface area contributed by atoms with Crippen LogP contribution in [0.15, 0.2) is 18.2 Å². The molecule has 0 bridgehead atoms. The van der Waals surface area contributed by atoms with E-state index in [0.29, 0.717) is 5.56 Å². The van der Waals surface area contributed by atoms with Crippen LogP contribution in [0.1, 0.15) is 52.5 Å². The Hall–Kier alpha value is -1.78. The summed E-state index contributed by atoms with van der Waals surface area (Å²) >= 11 is 0. The average molecular weight is 336 g/mol. The van der Waals surface area contributed by atoms with Crippen LogP contribution in [0, 0.1) is 12.7 Å². The predicted octanol–water partition coefficient (Wildman–Crippen LogP) is 4.72. The van der Waals surface area contributed by atoms with Gasteiger partial charge in [0.1, 0.15) is 11.4 Å².